The minimum absolute atomic E-state index is 0.106. The van der Waals surface area contributed by atoms with Gasteiger partial charge in [-0.1, -0.05) is 29.3 Å². The van der Waals surface area contributed by atoms with Crippen molar-refractivity contribution in [3.63, 3.8) is 0 Å². The molecule has 0 spiro atoms. The van der Waals surface area contributed by atoms with Gasteiger partial charge in [0.05, 0.1) is 11.7 Å². The van der Waals surface area contributed by atoms with Crippen LogP contribution < -0.4 is 5.32 Å². The molecule has 1 aromatic rings. The number of piperidine rings is 1. The molecule has 1 atom stereocenters. The summed E-state index contributed by atoms with van der Waals surface area (Å²) in [7, 11) is -1.95. The van der Waals surface area contributed by atoms with E-state index < -0.39 is 10.0 Å². The van der Waals surface area contributed by atoms with Crippen LogP contribution in [0.25, 0.3) is 0 Å². The summed E-state index contributed by atoms with van der Waals surface area (Å²) in [6.45, 7) is 1.72. The minimum Gasteiger partial charge on any atom is -0.385 e. The number of carbonyl (C=O) groups excluding carboxylic acids is 1. The van der Waals surface area contributed by atoms with Crippen LogP contribution >= 0.6 is 23.2 Å². The maximum absolute atomic E-state index is 12.7. The largest absolute Gasteiger partial charge is 0.385 e. The number of hydrogen-bond donors (Lipinski definition) is 1. The lowest BCUT2D eigenvalue weighted by Gasteiger charge is -2.31. The second-order valence-electron chi connectivity index (χ2n) is 6.33. The predicted molar refractivity (Wildman–Crippen MR) is 103 cm³/mol. The number of nitrogens with zero attached hydrogens (tertiary/aromatic N) is 1. The van der Waals surface area contributed by atoms with Gasteiger partial charge in [-0.2, -0.15) is 0 Å². The maximum atomic E-state index is 12.7. The van der Waals surface area contributed by atoms with Crippen molar-refractivity contribution in [2.75, 3.05) is 33.4 Å². The highest BCUT2D eigenvalue weighted by molar-refractivity contribution is 7.88. The lowest BCUT2D eigenvalue weighted by atomic mass is 9.99. The van der Waals surface area contributed by atoms with Gasteiger partial charge in [-0.25, -0.2) is 12.7 Å². The molecule has 26 heavy (non-hydrogen) atoms. The Kier molecular flexibility index (Phi) is 8.16. The van der Waals surface area contributed by atoms with Gasteiger partial charge in [-0.15, -0.1) is 0 Å². The quantitative estimate of drug-likeness (QED) is 0.653. The van der Waals surface area contributed by atoms with Crippen LogP contribution in [0.3, 0.4) is 0 Å². The summed E-state index contributed by atoms with van der Waals surface area (Å²) in [6, 6.07) is 4.76. The Morgan fingerprint density at radius 1 is 1.38 bits per heavy atom. The minimum atomic E-state index is -3.56. The van der Waals surface area contributed by atoms with Crippen molar-refractivity contribution in [3.05, 3.63) is 33.8 Å². The number of halogens is 2. The van der Waals surface area contributed by atoms with Crippen LogP contribution in [-0.4, -0.2) is 52.0 Å². The molecule has 0 bridgehead atoms. The Labute approximate surface area is 164 Å². The summed E-state index contributed by atoms with van der Waals surface area (Å²) in [5.41, 5.74) is 0.502. The molecule has 1 saturated heterocycles. The van der Waals surface area contributed by atoms with Crippen LogP contribution in [0.15, 0.2) is 18.2 Å². The number of rotatable bonds is 8. The summed E-state index contributed by atoms with van der Waals surface area (Å²) >= 11 is 12.0. The number of amides is 1. The van der Waals surface area contributed by atoms with E-state index in [4.69, 9.17) is 27.9 Å². The van der Waals surface area contributed by atoms with Crippen LogP contribution in [0, 0.1) is 5.92 Å². The highest BCUT2D eigenvalue weighted by Crippen LogP contribution is 2.26. The van der Waals surface area contributed by atoms with E-state index >= 15 is 0 Å². The number of ether oxygens (including phenoxy) is 1. The molecule has 0 saturated carbocycles. The van der Waals surface area contributed by atoms with Crippen molar-refractivity contribution in [2.45, 2.75) is 25.0 Å². The highest BCUT2D eigenvalue weighted by atomic mass is 35.5. The van der Waals surface area contributed by atoms with E-state index in [1.165, 1.54) is 10.4 Å². The first-order chi connectivity index (χ1) is 12.3. The molecular weight excluding hydrogens is 399 g/mol. The van der Waals surface area contributed by atoms with Gasteiger partial charge in [-0.3, -0.25) is 4.79 Å². The van der Waals surface area contributed by atoms with Crippen molar-refractivity contribution >= 4 is 39.1 Å². The zero-order valence-electron chi connectivity index (χ0n) is 14.7. The Bertz CT molecular complexity index is 727. The fourth-order valence-corrected chi connectivity index (χ4v) is 5.10. The molecule has 1 aliphatic heterocycles. The smallest absolute Gasteiger partial charge is 0.224 e. The van der Waals surface area contributed by atoms with E-state index in [9.17, 15) is 13.2 Å². The van der Waals surface area contributed by atoms with Gasteiger partial charge in [0, 0.05) is 43.4 Å². The van der Waals surface area contributed by atoms with Crippen LogP contribution in [0.2, 0.25) is 10.0 Å². The molecule has 1 N–H and O–H groups in total. The number of nitrogens with one attached hydrogen (secondary N) is 1. The zero-order valence-corrected chi connectivity index (χ0v) is 17.0. The number of methoxy groups -OCH3 is 1. The van der Waals surface area contributed by atoms with Crippen LogP contribution in [-0.2, 0) is 25.3 Å². The summed E-state index contributed by atoms with van der Waals surface area (Å²) in [5, 5.41) is 3.63. The molecule has 146 valence electrons. The molecule has 0 radical (unpaired) electrons. The van der Waals surface area contributed by atoms with Crippen LogP contribution in [0.4, 0.5) is 0 Å². The normalized spacial score (nSPS) is 18.7. The standard InChI is InChI=1S/C17H24Cl2N2O4S/c1-25-9-3-7-20-17(22)13-4-2-8-21(11-13)26(23,24)12-14-5-6-15(18)10-16(14)19/h5-6,10,13H,2-4,7-9,11-12H2,1H3,(H,20,22). The molecule has 0 aliphatic carbocycles. The molecular formula is C17H24Cl2N2O4S. The van der Waals surface area contributed by atoms with Gasteiger partial charge in [-0.05, 0) is 37.0 Å². The van der Waals surface area contributed by atoms with Crippen molar-refractivity contribution in [1.29, 1.82) is 0 Å². The summed E-state index contributed by atoms with van der Waals surface area (Å²) in [4.78, 5) is 12.3. The van der Waals surface area contributed by atoms with Crippen LogP contribution in [0.5, 0.6) is 0 Å². The van der Waals surface area contributed by atoms with Crippen LogP contribution in [0.1, 0.15) is 24.8 Å². The third-order valence-corrected chi connectivity index (χ3v) is 6.71. The Morgan fingerprint density at radius 2 is 2.15 bits per heavy atom. The lowest BCUT2D eigenvalue weighted by Crippen LogP contribution is -2.46. The number of hydrogen-bond acceptors (Lipinski definition) is 4. The van der Waals surface area contributed by atoms with Gasteiger partial charge in [0.15, 0.2) is 0 Å². The van der Waals surface area contributed by atoms with Gasteiger partial charge in [0.25, 0.3) is 0 Å². The van der Waals surface area contributed by atoms with Gasteiger partial charge >= 0.3 is 0 Å². The molecule has 2 rings (SSSR count). The van der Waals surface area contributed by atoms with E-state index in [1.54, 1.807) is 19.2 Å². The third kappa shape index (κ3) is 6.09. The molecule has 1 heterocycles. The SMILES string of the molecule is COCCCNC(=O)C1CCCN(S(=O)(=O)Cc2ccc(Cl)cc2Cl)C1. The molecule has 6 nitrogen and oxygen atoms in total. The third-order valence-electron chi connectivity index (χ3n) is 4.33. The molecule has 9 heteroatoms. The van der Waals surface area contributed by atoms with Crippen molar-refractivity contribution in [1.82, 2.24) is 9.62 Å². The average molecular weight is 423 g/mol. The molecule has 1 unspecified atom stereocenters. The lowest BCUT2D eigenvalue weighted by molar-refractivity contribution is -0.126. The Balaban J connectivity index is 1.97. The van der Waals surface area contributed by atoms with Crippen molar-refractivity contribution in [3.8, 4) is 0 Å². The average Bonchev–Trinajstić information content (AvgIpc) is 2.61. The monoisotopic (exact) mass is 422 g/mol. The van der Waals surface area contributed by atoms with E-state index in [1.807, 2.05) is 0 Å². The van der Waals surface area contributed by atoms with E-state index in [2.05, 4.69) is 5.32 Å². The molecule has 1 amide bonds. The second kappa shape index (κ2) is 9.90. The summed E-state index contributed by atoms with van der Waals surface area (Å²) in [6.07, 6.45) is 2.07. The highest BCUT2D eigenvalue weighted by Gasteiger charge is 2.32. The van der Waals surface area contributed by atoms with Gasteiger partial charge < -0.3 is 10.1 Å². The Hall–Kier alpha value is -0.860. The fourth-order valence-electron chi connectivity index (χ4n) is 2.91. The van der Waals surface area contributed by atoms with Gasteiger partial charge in [0.2, 0.25) is 15.9 Å². The number of carbonyl (C=O) groups is 1. The molecule has 0 aromatic heterocycles. The molecule has 1 aliphatic rings. The predicted octanol–water partition coefficient (Wildman–Crippen LogP) is 2.69. The number of benzene rings is 1. The number of sulfonamides is 1. The fraction of sp³-hybridized carbons (Fsp3) is 0.588. The van der Waals surface area contributed by atoms with E-state index in [-0.39, 0.29) is 24.1 Å². The second-order valence-corrected chi connectivity index (χ2v) is 9.14. The molecule has 1 fully saturated rings. The van der Waals surface area contributed by atoms with E-state index in [0.29, 0.717) is 48.1 Å². The van der Waals surface area contributed by atoms with E-state index in [0.717, 1.165) is 6.42 Å². The summed E-state index contributed by atoms with van der Waals surface area (Å²) < 4.78 is 31.8. The topological polar surface area (TPSA) is 75.7 Å². The van der Waals surface area contributed by atoms with Crippen molar-refractivity contribution < 1.29 is 17.9 Å². The first-order valence-electron chi connectivity index (χ1n) is 8.52. The van der Waals surface area contributed by atoms with Crippen molar-refractivity contribution in [2.24, 2.45) is 5.92 Å². The van der Waals surface area contributed by atoms with Gasteiger partial charge in [0.1, 0.15) is 0 Å². The zero-order chi connectivity index (χ0) is 19.2. The first kappa shape index (κ1) is 21.4. The Morgan fingerprint density at radius 3 is 2.85 bits per heavy atom. The molecule has 1 aromatic carbocycles. The maximum Gasteiger partial charge on any atom is 0.224 e. The summed E-state index contributed by atoms with van der Waals surface area (Å²) in [5.74, 6) is -0.641. The first-order valence-corrected chi connectivity index (χ1v) is 10.9.